The Balaban J connectivity index is 2.15. The van der Waals surface area contributed by atoms with Crippen molar-refractivity contribution in [2.45, 2.75) is 0 Å². The maximum Gasteiger partial charge on any atom is 0.248 e. The standard InChI is InChI=1S/C15H9Cl3FNO/c16-10-3-1-5-12(19)9(10)7-8-14(21)20-13-6-2-4-11(17)15(13)18/h1-8H,(H,20,21)/b8-7-. The molecule has 0 aliphatic heterocycles. The van der Waals surface area contributed by atoms with Gasteiger partial charge in [0.05, 0.1) is 20.8 Å². The molecular formula is C15H9Cl3FNO. The Morgan fingerprint density at radius 3 is 2.43 bits per heavy atom. The van der Waals surface area contributed by atoms with Gasteiger partial charge in [0, 0.05) is 11.6 Å². The molecule has 2 aromatic rings. The number of halogens is 4. The predicted molar refractivity (Wildman–Crippen MR) is 85.5 cm³/mol. The lowest BCUT2D eigenvalue weighted by molar-refractivity contribution is -0.111. The summed E-state index contributed by atoms with van der Waals surface area (Å²) >= 11 is 17.7. The van der Waals surface area contributed by atoms with Crippen molar-refractivity contribution in [3.8, 4) is 0 Å². The monoisotopic (exact) mass is 343 g/mol. The molecule has 0 aliphatic rings. The van der Waals surface area contributed by atoms with Crippen LogP contribution in [0.3, 0.4) is 0 Å². The van der Waals surface area contributed by atoms with Crippen molar-refractivity contribution in [3.63, 3.8) is 0 Å². The Morgan fingerprint density at radius 1 is 1.05 bits per heavy atom. The summed E-state index contributed by atoms with van der Waals surface area (Å²) in [6.07, 6.45) is 2.47. The highest BCUT2D eigenvalue weighted by atomic mass is 35.5. The first-order chi connectivity index (χ1) is 9.99. The third-order valence-corrected chi connectivity index (χ3v) is 3.76. The van der Waals surface area contributed by atoms with Gasteiger partial charge in [0.1, 0.15) is 5.82 Å². The van der Waals surface area contributed by atoms with Crippen molar-refractivity contribution in [1.29, 1.82) is 0 Å². The molecule has 6 heteroatoms. The summed E-state index contributed by atoms with van der Waals surface area (Å²) in [5.41, 5.74) is 0.518. The van der Waals surface area contributed by atoms with Crippen LogP contribution in [0.25, 0.3) is 6.08 Å². The molecule has 0 saturated carbocycles. The quantitative estimate of drug-likeness (QED) is 0.738. The van der Waals surface area contributed by atoms with Crippen LogP contribution in [0.4, 0.5) is 10.1 Å². The normalized spacial score (nSPS) is 10.9. The van der Waals surface area contributed by atoms with Gasteiger partial charge in [-0.1, -0.05) is 46.9 Å². The van der Waals surface area contributed by atoms with Crippen molar-refractivity contribution < 1.29 is 9.18 Å². The molecule has 0 heterocycles. The van der Waals surface area contributed by atoms with Crippen LogP contribution in [-0.2, 0) is 4.79 Å². The first-order valence-corrected chi connectivity index (χ1v) is 6.99. The molecule has 0 aromatic heterocycles. The van der Waals surface area contributed by atoms with Crippen LogP contribution in [0.15, 0.2) is 42.5 Å². The lowest BCUT2D eigenvalue weighted by atomic mass is 10.2. The zero-order chi connectivity index (χ0) is 15.4. The average molecular weight is 345 g/mol. The maximum atomic E-state index is 13.5. The van der Waals surface area contributed by atoms with Gasteiger partial charge in [-0.2, -0.15) is 0 Å². The van der Waals surface area contributed by atoms with E-state index in [0.717, 1.165) is 0 Å². The molecule has 2 rings (SSSR count). The van der Waals surface area contributed by atoms with Crippen molar-refractivity contribution >= 4 is 52.5 Å². The van der Waals surface area contributed by atoms with Gasteiger partial charge in [0.15, 0.2) is 0 Å². The van der Waals surface area contributed by atoms with Crippen molar-refractivity contribution in [1.82, 2.24) is 0 Å². The van der Waals surface area contributed by atoms with Gasteiger partial charge in [0.25, 0.3) is 0 Å². The third kappa shape index (κ3) is 3.97. The number of anilines is 1. The van der Waals surface area contributed by atoms with E-state index in [1.165, 1.54) is 30.4 Å². The minimum atomic E-state index is -0.507. The number of amides is 1. The van der Waals surface area contributed by atoms with Crippen LogP contribution in [0.1, 0.15) is 5.56 Å². The lowest BCUT2D eigenvalue weighted by Gasteiger charge is -2.06. The lowest BCUT2D eigenvalue weighted by Crippen LogP contribution is -2.08. The van der Waals surface area contributed by atoms with E-state index in [-0.39, 0.29) is 15.6 Å². The van der Waals surface area contributed by atoms with E-state index < -0.39 is 11.7 Å². The first kappa shape index (κ1) is 15.8. The van der Waals surface area contributed by atoms with E-state index >= 15 is 0 Å². The smallest absolute Gasteiger partial charge is 0.248 e. The van der Waals surface area contributed by atoms with Crippen LogP contribution < -0.4 is 5.32 Å². The number of benzene rings is 2. The molecule has 1 N–H and O–H groups in total. The molecule has 21 heavy (non-hydrogen) atoms. The molecule has 0 saturated heterocycles. The fourth-order valence-electron chi connectivity index (χ4n) is 1.60. The SMILES string of the molecule is O=C(/C=C\c1c(F)cccc1Cl)Nc1cccc(Cl)c1Cl. The van der Waals surface area contributed by atoms with Crippen LogP contribution >= 0.6 is 34.8 Å². The van der Waals surface area contributed by atoms with Gasteiger partial charge >= 0.3 is 0 Å². The van der Waals surface area contributed by atoms with Gasteiger partial charge in [-0.05, 0) is 30.3 Å². The summed E-state index contributed by atoms with van der Waals surface area (Å²) in [5.74, 6) is -0.981. The molecule has 2 nitrogen and oxygen atoms in total. The average Bonchev–Trinajstić information content (AvgIpc) is 2.43. The van der Waals surface area contributed by atoms with Crippen molar-refractivity contribution in [3.05, 3.63) is 68.9 Å². The van der Waals surface area contributed by atoms with Crippen LogP contribution in [0.5, 0.6) is 0 Å². The number of rotatable bonds is 3. The fourth-order valence-corrected chi connectivity index (χ4v) is 2.18. The largest absolute Gasteiger partial charge is 0.321 e. The molecular weight excluding hydrogens is 336 g/mol. The molecule has 0 unspecified atom stereocenters. The molecule has 0 fully saturated rings. The zero-order valence-corrected chi connectivity index (χ0v) is 12.8. The zero-order valence-electron chi connectivity index (χ0n) is 10.5. The van der Waals surface area contributed by atoms with Gasteiger partial charge in [-0.25, -0.2) is 4.39 Å². The van der Waals surface area contributed by atoms with Crippen LogP contribution in [0, 0.1) is 5.82 Å². The van der Waals surface area contributed by atoms with Gasteiger partial charge < -0.3 is 5.32 Å². The number of hydrogen-bond donors (Lipinski definition) is 1. The van der Waals surface area contributed by atoms with E-state index in [9.17, 15) is 9.18 Å². The molecule has 0 bridgehead atoms. The van der Waals surface area contributed by atoms with Crippen molar-refractivity contribution in [2.24, 2.45) is 0 Å². The highest BCUT2D eigenvalue weighted by Gasteiger charge is 2.07. The molecule has 0 spiro atoms. The molecule has 0 radical (unpaired) electrons. The van der Waals surface area contributed by atoms with Crippen LogP contribution in [-0.4, -0.2) is 5.91 Å². The summed E-state index contributed by atoms with van der Waals surface area (Å²) in [7, 11) is 0. The minimum Gasteiger partial charge on any atom is -0.321 e. The van der Waals surface area contributed by atoms with Crippen LogP contribution in [0.2, 0.25) is 15.1 Å². The topological polar surface area (TPSA) is 29.1 Å². The van der Waals surface area contributed by atoms with E-state index in [2.05, 4.69) is 5.32 Å². The summed E-state index contributed by atoms with van der Waals surface area (Å²) < 4.78 is 13.5. The second-order valence-corrected chi connectivity index (χ2v) is 5.25. The summed E-state index contributed by atoms with van der Waals surface area (Å²) in [6.45, 7) is 0. The van der Waals surface area contributed by atoms with E-state index in [1.54, 1.807) is 18.2 Å². The Bertz CT molecular complexity index is 696. The molecule has 0 atom stereocenters. The number of nitrogens with one attached hydrogen (secondary N) is 1. The van der Waals surface area contributed by atoms with Gasteiger partial charge in [-0.3, -0.25) is 4.79 Å². The third-order valence-electron chi connectivity index (χ3n) is 2.61. The predicted octanol–water partition coefficient (Wildman–Crippen LogP) is 5.44. The van der Waals surface area contributed by atoms with E-state index in [1.807, 2.05) is 0 Å². The number of carbonyl (C=O) groups is 1. The van der Waals surface area contributed by atoms with E-state index in [0.29, 0.717) is 10.7 Å². The molecule has 2 aromatic carbocycles. The van der Waals surface area contributed by atoms with Gasteiger partial charge in [0.2, 0.25) is 5.91 Å². The maximum absolute atomic E-state index is 13.5. The second-order valence-electron chi connectivity index (χ2n) is 4.06. The summed E-state index contributed by atoms with van der Waals surface area (Å²) in [6, 6.07) is 9.15. The Labute approximate surface area is 136 Å². The minimum absolute atomic E-state index is 0.145. The van der Waals surface area contributed by atoms with Gasteiger partial charge in [-0.15, -0.1) is 0 Å². The molecule has 108 valence electrons. The van der Waals surface area contributed by atoms with E-state index in [4.69, 9.17) is 34.8 Å². The van der Waals surface area contributed by atoms with Crippen molar-refractivity contribution in [2.75, 3.05) is 5.32 Å². The molecule has 1 amide bonds. The highest BCUT2D eigenvalue weighted by molar-refractivity contribution is 6.44. The Kier molecular flexibility index (Phi) is 5.23. The number of hydrogen-bond acceptors (Lipinski definition) is 1. The summed E-state index contributed by atoms with van der Waals surface area (Å²) in [4.78, 5) is 11.8. The fraction of sp³-hybridized carbons (Fsp3) is 0. The number of carbonyl (C=O) groups excluding carboxylic acids is 1. The highest BCUT2D eigenvalue weighted by Crippen LogP contribution is 2.29. The molecule has 0 aliphatic carbocycles. The second kappa shape index (κ2) is 6.94. The Morgan fingerprint density at radius 2 is 1.71 bits per heavy atom. The first-order valence-electron chi connectivity index (χ1n) is 5.86. The summed E-state index contributed by atoms with van der Waals surface area (Å²) in [5, 5.41) is 3.34. The Hall–Kier alpha value is -1.55.